The van der Waals surface area contributed by atoms with Gasteiger partial charge in [-0.25, -0.2) is 0 Å². The van der Waals surface area contributed by atoms with Gasteiger partial charge in [0, 0.05) is 49.2 Å². The van der Waals surface area contributed by atoms with Crippen LogP contribution in [0.1, 0.15) is 36.1 Å². The summed E-state index contributed by atoms with van der Waals surface area (Å²) in [4.78, 5) is 0. The predicted octanol–water partition coefficient (Wildman–Crippen LogP) is 10.7. The van der Waals surface area contributed by atoms with Crippen molar-refractivity contribution < 1.29 is 34.7 Å². The molecule has 0 aliphatic heterocycles. The fraction of sp³-hybridized carbons (Fsp3) is 0.136. The largest absolute Gasteiger partial charge is 0.504 e. The van der Waals surface area contributed by atoms with Crippen LogP contribution in [0.25, 0.3) is 76.9 Å². The zero-order valence-electron chi connectivity index (χ0n) is 28.6. The third-order valence-corrected chi connectivity index (χ3v) is 11.0. The number of hydrogen-bond acceptors (Lipinski definition) is 7. The number of furan rings is 1. The molecule has 252 valence electrons. The van der Waals surface area contributed by atoms with Crippen molar-refractivity contribution in [3.63, 3.8) is 0 Å². The Bertz CT molecular complexity index is 2840. The number of hydrogen-bond donors (Lipinski definition) is 5. The Morgan fingerprint density at radius 3 is 1.80 bits per heavy atom. The van der Waals surface area contributed by atoms with Crippen LogP contribution in [0.2, 0.25) is 0 Å². The standard InChI is InChI=1S/C44H34O7/c1-20-32-33(21(2)43(50-5)38(20)45)34(22-15-17-31-27(18-22)26-11-7-9-13-30(26)51-31)36-37(40(47)42(49)41(48)39(36)46)35(32)23-14-16-25-24-10-6-8-12-28(24)44(3,4)29(25)19-23/h6-19,45-49H,1-5H3. The first-order valence-corrected chi connectivity index (χ1v) is 16.8. The van der Waals surface area contributed by atoms with Crippen LogP contribution in [0.15, 0.2) is 89.3 Å². The number of aromatic hydroxyl groups is 5. The molecule has 0 spiro atoms. The number of phenolic OH excluding ortho intramolecular Hbond substituents is 5. The highest BCUT2D eigenvalue weighted by molar-refractivity contribution is 6.28. The molecule has 0 atom stereocenters. The summed E-state index contributed by atoms with van der Waals surface area (Å²) in [7, 11) is 1.49. The number of para-hydroxylation sites is 1. The zero-order chi connectivity index (χ0) is 35.7. The molecule has 0 saturated carbocycles. The van der Waals surface area contributed by atoms with Crippen LogP contribution in [0.4, 0.5) is 0 Å². The smallest absolute Gasteiger partial charge is 0.204 e. The van der Waals surface area contributed by atoms with Crippen molar-refractivity contribution >= 4 is 43.5 Å². The van der Waals surface area contributed by atoms with E-state index in [1.165, 1.54) is 12.7 Å². The van der Waals surface area contributed by atoms with Gasteiger partial charge in [-0.05, 0) is 82.3 Å². The lowest BCUT2D eigenvalue weighted by Crippen LogP contribution is -2.14. The maximum Gasteiger partial charge on any atom is 0.204 e. The Morgan fingerprint density at radius 2 is 1.10 bits per heavy atom. The van der Waals surface area contributed by atoms with Crippen molar-refractivity contribution in [3.8, 4) is 67.9 Å². The van der Waals surface area contributed by atoms with Crippen molar-refractivity contribution in [2.45, 2.75) is 33.1 Å². The maximum atomic E-state index is 11.9. The lowest BCUT2D eigenvalue weighted by Gasteiger charge is -2.26. The van der Waals surface area contributed by atoms with E-state index in [-0.39, 0.29) is 27.7 Å². The monoisotopic (exact) mass is 674 g/mol. The van der Waals surface area contributed by atoms with Crippen molar-refractivity contribution in [2.24, 2.45) is 0 Å². The molecule has 0 radical (unpaired) electrons. The van der Waals surface area contributed by atoms with E-state index in [0.29, 0.717) is 49.7 Å². The van der Waals surface area contributed by atoms with Crippen LogP contribution in [-0.4, -0.2) is 32.6 Å². The zero-order valence-corrected chi connectivity index (χ0v) is 28.6. The van der Waals surface area contributed by atoms with E-state index >= 15 is 0 Å². The van der Waals surface area contributed by atoms with Gasteiger partial charge in [-0.1, -0.05) is 74.5 Å². The highest BCUT2D eigenvalue weighted by Crippen LogP contribution is 2.60. The third-order valence-electron chi connectivity index (χ3n) is 11.0. The highest BCUT2D eigenvalue weighted by Gasteiger charge is 2.36. The molecule has 7 aromatic carbocycles. The van der Waals surface area contributed by atoms with Crippen molar-refractivity contribution in [3.05, 3.63) is 107 Å². The van der Waals surface area contributed by atoms with Gasteiger partial charge in [0.25, 0.3) is 0 Å². The normalized spacial score (nSPS) is 13.4. The number of benzene rings is 7. The van der Waals surface area contributed by atoms with E-state index in [2.05, 4.69) is 38.1 Å². The molecule has 1 aliphatic carbocycles. The first-order chi connectivity index (χ1) is 24.4. The Labute approximate surface area is 292 Å². The van der Waals surface area contributed by atoms with Crippen molar-refractivity contribution in [1.29, 1.82) is 0 Å². The van der Waals surface area contributed by atoms with Crippen LogP contribution < -0.4 is 4.74 Å². The van der Waals surface area contributed by atoms with Crippen LogP contribution >= 0.6 is 0 Å². The Balaban J connectivity index is 1.51. The molecule has 1 aliphatic rings. The minimum atomic E-state index is -0.844. The molecule has 5 N–H and O–H groups in total. The van der Waals surface area contributed by atoms with E-state index in [4.69, 9.17) is 9.15 Å². The molecular weight excluding hydrogens is 640 g/mol. The summed E-state index contributed by atoms with van der Waals surface area (Å²) in [6.45, 7) is 7.98. The molecule has 0 amide bonds. The summed E-state index contributed by atoms with van der Waals surface area (Å²) >= 11 is 0. The first-order valence-electron chi connectivity index (χ1n) is 16.8. The van der Waals surface area contributed by atoms with Crippen molar-refractivity contribution in [2.75, 3.05) is 7.11 Å². The van der Waals surface area contributed by atoms with E-state index in [9.17, 15) is 25.5 Å². The first kappa shape index (κ1) is 30.7. The molecule has 1 aromatic heterocycles. The molecule has 7 heteroatoms. The summed E-state index contributed by atoms with van der Waals surface area (Å²) in [6, 6.07) is 27.8. The molecule has 0 bridgehead atoms. The van der Waals surface area contributed by atoms with Crippen molar-refractivity contribution in [1.82, 2.24) is 0 Å². The number of phenols is 5. The second-order valence-corrected chi connectivity index (χ2v) is 14.0. The SMILES string of the molecule is COc1c(O)c(C)c2c(-c3ccc4c(c3)C(C)(C)c3ccccc3-4)c3c(O)c(O)c(O)c(O)c3c(-c3ccc4oc5ccccc5c4c3)c2c1C. The Kier molecular flexibility index (Phi) is 6.22. The van der Waals surface area contributed by atoms with Gasteiger partial charge in [-0.15, -0.1) is 0 Å². The average molecular weight is 675 g/mol. The van der Waals surface area contributed by atoms with Crippen LogP contribution in [0.5, 0.6) is 34.5 Å². The fourth-order valence-corrected chi connectivity index (χ4v) is 8.58. The van der Waals surface area contributed by atoms with Crippen LogP contribution in [0.3, 0.4) is 0 Å². The molecule has 0 fully saturated rings. The lowest BCUT2D eigenvalue weighted by atomic mass is 9.79. The van der Waals surface area contributed by atoms with Gasteiger partial charge < -0.3 is 34.7 Å². The minimum Gasteiger partial charge on any atom is -0.504 e. The molecule has 51 heavy (non-hydrogen) atoms. The highest BCUT2D eigenvalue weighted by atomic mass is 16.5. The third kappa shape index (κ3) is 3.88. The lowest BCUT2D eigenvalue weighted by molar-refractivity contribution is 0.351. The maximum absolute atomic E-state index is 11.9. The number of methoxy groups -OCH3 is 1. The summed E-state index contributed by atoms with van der Waals surface area (Å²) in [5.41, 5.74) is 8.92. The number of aryl methyl sites for hydroxylation is 2. The fourth-order valence-electron chi connectivity index (χ4n) is 8.58. The summed E-state index contributed by atoms with van der Waals surface area (Å²) < 4.78 is 11.9. The van der Waals surface area contributed by atoms with Gasteiger partial charge in [0.1, 0.15) is 11.2 Å². The van der Waals surface area contributed by atoms with Crippen LogP contribution in [0, 0.1) is 13.8 Å². The second-order valence-electron chi connectivity index (χ2n) is 14.0. The molecular formula is C44H34O7. The number of rotatable bonds is 3. The van der Waals surface area contributed by atoms with Gasteiger partial charge in [-0.2, -0.15) is 0 Å². The second kappa shape index (κ2) is 10.3. The molecule has 0 unspecified atom stereocenters. The quantitative estimate of drug-likeness (QED) is 0.0718. The predicted molar refractivity (Wildman–Crippen MR) is 202 cm³/mol. The van der Waals surface area contributed by atoms with E-state index in [1.807, 2.05) is 67.6 Å². The van der Waals surface area contributed by atoms with E-state index < -0.39 is 23.0 Å². The van der Waals surface area contributed by atoms with Gasteiger partial charge in [0.05, 0.1) is 7.11 Å². The van der Waals surface area contributed by atoms with Gasteiger partial charge in [0.2, 0.25) is 11.5 Å². The summed E-state index contributed by atoms with van der Waals surface area (Å²) in [5, 5.41) is 60.8. The summed E-state index contributed by atoms with van der Waals surface area (Å²) in [6.07, 6.45) is 0. The molecule has 0 saturated heterocycles. The molecule has 1 heterocycles. The van der Waals surface area contributed by atoms with Crippen LogP contribution in [-0.2, 0) is 5.41 Å². The average Bonchev–Trinajstić information content (AvgIpc) is 3.62. The van der Waals surface area contributed by atoms with E-state index in [1.54, 1.807) is 6.92 Å². The number of ether oxygens (including phenoxy) is 1. The molecule has 7 nitrogen and oxygen atoms in total. The molecule has 9 rings (SSSR count). The minimum absolute atomic E-state index is 0.0639. The van der Waals surface area contributed by atoms with Gasteiger partial charge >= 0.3 is 0 Å². The van der Waals surface area contributed by atoms with E-state index in [0.717, 1.165) is 33.0 Å². The topological polar surface area (TPSA) is 124 Å². The Hall–Kier alpha value is -6.34. The summed E-state index contributed by atoms with van der Waals surface area (Å²) in [5.74, 6) is -2.67. The number of fused-ring (bicyclic) bond motifs is 8. The van der Waals surface area contributed by atoms with Gasteiger partial charge in [0.15, 0.2) is 23.0 Å². The van der Waals surface area contributed by atoms with Gasteiger partial charge in [-0.3, -0.25) is 0 Å². The Morgan fingerprint density at radius 1 is 0.529 bits per heavy atom. The molecule has 8 aromatic rings.